The second kappa shape index (κ2) is 8.89. The molecular weight excluding hydrogens is 395 g/mol. The Hall–Kier alpha value is -3.19. The van der Waals surface area contributed by atoms with Crippen LogP contribution in [0.1, 0.15) is 20.8 Å². The van der Waals surface area contributed by atoms with Gasteiger partial charge in [0.1, 0.15) is 11.9 Å². The molecular formula is C24H27FN4O2. The van der Waals surface area contributed by atoms with E-state index in [1.165, 1.54) is 6.07 Å². The highest BCUT2D eigenvalue weighted by Gasteiger charge is 2.24. The number of nitrogens with zero attached hydrogens (tertiary/aromatic N) is 2. The van der Waals surface area contributed by atoms with Gasteiger partial charge in [-0.15, -0.1) is 0 Å². The summed E-state index contributed by atoms with van der Waals surface area (Å²) in [5.74, 6) is -0.532. The van der Waals surface area contributed by atoms with Gasteiger partial charge < -0.3 is 20.3 Å². The minimum Gasteiger partial charge on any atom is -0.374 e. The summed E-state index contributed by atoms with van der Waals surface area (Å²) in [6.07, 6.45) is 1.82. The lowest BCUT2D eigenvalue weighted by atomic mass is 10.1. The molecule has 162 valence electrons. The first-order chi connectivity index (χ1) is 14.9. The number of pyridine rings is 1. The van der Waals surface area contributed by atoms with Gasteiger partial charge >= 0.3 is 0 Å². The van der Waals surface area contributed by atoms with E-state index < -0.39 is 6.04 Å². The van der Waals surface area contributed by atoms with Crippen molar-refractivity contribution in [3.05, 3.63) is 60.5 Å². The quantitative estimate of drug-likeness (QED) is 0.637. The molecule has 1 aromatic heterocycles. The number of hydrogen-bond donors (Lipinski definition) is 2. The van der Waals surface area contributed by atoms with Gasteiger partial charge in [-0.05, 0) is 63.2 Å². The Morgan fingerprint density at radius 2 is 1.94 bits per heavy atom. The normalized spacial score (nSPS) is 19.8. The number of amides is 1. The maximum atomic E-state index is 14.8. The maximum Gasteiger partial charge on any atom is 0.246 e. The van der Waals surface area contributed by atoms with Crippen molar-refractivity contribution >= 4 is 33.9 Å². The number of carbonyl (C=O) groups excluding carboxylic acids is 1. The number of fused-ring (bicyclic) bond motifs is 1. The third-order valence-electron chi connectivity index (χ3n) is 5.39. The predicted octanol–water partition coefficient (Wildman–Crippen LogP) is 4.43. The maximum absolute atomic E-state index is 14.8. The third kappa shape index (κ3) is 4.77. The summed E-state index contributed by atoms with van der Waals surface area (Å²) in [5, 5.41) is 6.89. The fraction of sp³-hybridized carbons (Fsp3) is 0.333. The Bertz CT molecular complexity index is 1070. The van der Waals surface area contributed by atoms with E-state index in [1.54, 1.807) is 25.3 Å². The molecule has 2 aromatic carbocycles. The van der Waals surface area contributed by atoms with Crippen LogP contribution in [0.5, 0.6) is 0 Å². The Morgan fingerprint density at radius 3 is 2.68 bits per heavy atom. The molecule has 0 aliphatic carbocycles. The molecule has 0 bridgehead atoms. The summed E-state index contributed by atoms with van der Waals surface area (Å²) >= 11 is 0. The highest BCUT2D eigenvalue weighted by molar-refractivity contribution is 6.03. The molecule has 3 atom stereocenters. The molecule has 1 aliphatic heterocycles. The first-order valence-corrected chi connectivity index (χ1v) is 10.5. The Labute approximate surface area is 181 Å². The van der Waals surface area contributed by atoms with Gasteiger partial charge in [0.25, 0.3) is 0 Å². The van der Waals surface area contributed by atoms with Crippen LogP contribution in [-0.4, -0.2) is 42.2 Å². The molecule has 2 N–H and O–H groups in total. The zero-order chi connectivity index (χ0) is 22.0. The number of rotatable bonds is 5. The number of benzene rings is 2. The molecule has 0 spiro atoms. The Morgan fingerprint density at radius 1 is 1.16 bits per heavy atom. The first kappa shape index (κ1) is 21.1. The average molecular weight is 423 g/mol. The number of anilines is 3. The number of carbonyl (C=O) groups is 1. The Balaban J connectivity index is 1.44. The van der Waals surface area contributed by atoms with Crippen LogP contribution in [0.3, 0.4) is 0 Å². The molecule has 0 saturated carbocycles. The molecule has 1 saturated heterocycles. The number of nitrogens with one attached hydrogen (secondary N) is 2. The monoisotopic (exact) mass is 422 g/mol. The summed E-state index contributed by atoms with van der Waals surface area (Å²) < 4.78 is 20.6. The lowest BCUT2D eigenvalue weighted by molar-refractivity contribution is -0.116. The second-order valence-electron chi connectivity index (χ2n) is 8.06. The largest absolute Gasteiger partial charge is 0.374 e. The fourth-order valence-corrected chi connectivity index (χ4v) is 4.00. The van der Waals surface area contributed by atoms with Crippen molar-refractivity contribution in [2.75, 3.05) is 28.6 Å². The van der Waals surface area contributed by atoms with E-state index in [0.717, 1.165) is 10.9 Å². The van der Waals surface area contributed by atoms with Crippen molar-refractivity contribution in [3.63, 3.8) is 0 Å². The van der Waals surface area contributed by atoms with Crippen molar-refractivity contribution in [2.45, 2.75) is 39.0 Å². The molecule has 6 nitrogen and oxygen atoms in total. The highest BCUT2D eigenvalue weighted by Crippen LogP contribution is 2.27. The van der Waals surface area contributed by atoms with Crippen molar-refractivity contribution in [2.24, 2.45) is 0 Å². The van der Waals surface area contributed by atoms with Crippen LogP contribution in [-0.2, 0) is 9.53 Å². The smallest absolute Gasteiger partial charge is 0.246 e. The molecule has 31 heavy (non-hydrogen) atoms. The molecule has 1 aliphatic rings. The van der Waals surface area contributed by atoms with E-state index in [9.17, 15) is 9.18 Å². The van der Waals surface area contributed by atoms with E-state index in [-0.39, 0.29) is 23.9 Å². The van der Waals surface area contributed by atoms with Gasteiger partial charge in [0.05, 0.1) is 29.1 Å². The highest BCUT2D eigenvalue weighted by atomic mass is 19.1. The van der Waals surface area contributed by atoms with Crippen LogP contribution in [0, 0.1) is 5.82 Å². The lowest BCUT2D eigenvalue weighted by Crippen LogP contribution is -2.45. The van der Waals surface area contributed by atoms with Crippen molar-refractivity contribution in [1.82, 2.24) is 4.98 Å². The van der Waals surface area contributed by atoms with Gasteiger partial charge in [0.2, 0.25) is 5.91 Å². The number of hydrogen-bond acceptors (Lipinski definition) is 5. The van der Waals surface area contributed by atoms with Gasteiger partial charge in [-0.2, -0.15) is 0 Å². The Kier molecular flexibility index (Phi) is 6.04. The van der Waals surface area contributed by atoms with E-state index in [2.05, 4.69) is 15.6 Å². The molecule has 2 heterocycles. The van der Waals surface area contributed by atoms with Crippen LogP contribution in [0.25, 0.3) is 10.9 Å². The molecule has 0 radical (unpaired) electrons. The van der Waals surface area contributed by atoms with E-state index in [1.807, 2.05) is 49.1 Å². The molecule has 1 fully saturated rings. The number of morpholine rings is 1. The van der Waals surface area contributed by atoms with Gasteiger partial charge in [0, 0.05) is 30.4 Å². The third-order valence-corrected chi connectivity index (χ3v) is 5.39. The molecule has 3 aromatic rings. The summed E-state index contributed by atoms with van der Waals surface area (Å²) in [6, 6.07) is 13.8. The van der Waals surface area contributed by atoms with E-state index in [4.69, 9.17) is 4.74 Å². The minimum atomic E-state index is -0.555. The molecule has 7 heteroatoms. The summed E-state index contributed by atoms with van der Waals surface area (Å²) in [7, 11) is 0. The number of ether oxygens (including phenoxy) is 1. The summed E-state index contributed by atoms with van der Waals surface area (Å²) in [6.45, 7) is 7.01. The van der Waals surface area contributed by atoms with E-state index >= 15 is 0 Å². The SMILES string of the molecule is C[C@@H]1CN(c2ccc(N[C@@H](C)C(=O)Nc3cccc4ncccc34)cc2F)C[C@H](C)O1. The van der Waals surface area contributed by atoms with Crippen molar-refractivity contribution in [3.8, 4) is 0 Å². The summed E-state index contributed by atoms with van der Waals surface area (Å²) in [5.41, 5.74) is 2.61. The number of halogens is 1. The lowest BCUT2D eigenvalue weighted by Gasteiger charge is -2.37. The zero-order valence-electron chi connectivity index (χ0n) is 17.9. The summed E-state index contributed by atoms with van der Waals surface area (Å²) in [4.78, 5) is 19.0. The van der Waals surface area contributed by atoms with E-state index in [0.29, 0.717) is 30.2 Å². The van der Waals surface area contributed by atoms with Gasteiger partial charge in [0.15, 0.2) is 0 Å². The minimum absolute atomic E-state index is 0.0499. The van der Waals surface area contributed by atoms with Crippen LogP contribution in [0.2, 0.25) is 0 Å². The molecule has 4 rings (SSSR count). The number of aromatic nitrogens is 1. The second-order valence-corrected chi connectivity index (χ2v) is 8.06. The topological polar surface area (TPSA) is 66.5 Å². The molecule has 0 unspecified atom stereocenters. The van der Waals surface area contributed by atoms with Crippen LogP contribution < -0.4 is 15.5 Å². The first-order valence-electron chi connectivity index (χ1n) is 10.5. The average Bonchev–Trinajstić information content (AvgIpc) is 2.73. The fourth-order valence-electron chi connectivity index (χ4n) is 4.00. The standard InChI is InChI=1S/C24H27FN4O2/c1-15-13-29(14-16(2)31-15)23-10-9-18(12-20(23)25)27-17(3)24(30)28-22-8-4-7-21-19(22)6-5-11-26-21/h4-12,15-17,27H,13-14H2,1-3H3,(H,28,30)/t15-,16+,17-/m0/s1. The van der Waals surface area contributed by atoms with Gasteiger partial charge in [-0.1, -0.05) is 6.07 Å². The van der Waals surface area contributed by atoms with Crippen molar-refractivity contribution in [1.29, 1.82) is 0 Å². The van der Waals surface area contributed by atoms with Crippen LogP contribution in [0.4, 0.5) is 21.5 Å². The van der Waals surface area contributed by atoms with Crippen molar-refractivity contribution < 1.29 is 13.9 Å². The predicted molar refractivity (Wildman–Crippen MR) is 122 cm³/mol. The van der Waals surface area contributed by atoms with Gasteiger partial charge in [-0.3, -0.25) is 9.78 Å². The zero-order valence-corrected chi connectivity index (χ0v) is 17.9. The van der Waals surface area contributed by atoms with Crippen LogP contribution >= 0.6 is 0 Å². The molecule has 1 amide bonds. The van der Waals surface area contributed by atoms with Gasteiger partial charge in [-0.25, -0.2) is 4.39 Å². The van der Waals surface area contributed by atoms with Crippen LogP contribution in [0.15, 0.2) is 54.7 Å².